The lowest BCUT2D eigenvalue weighted by molar-refractivity contribution is -0.113. The Labute approximate surface area is 198 Å². The highest BCUT2D eigenvalue weighted by Crippen LogP contribution is 2.29. The van der Waals surface area contributed by atoms with Crippen LogP contribution in [0.5, 0.6) is 0 Å². The third-order valence-electron chi connectivity index (χ3n) is 4.52. The summed E-state index contributed by atoms with van der Waals surface area (Å²) in [7, 11) is 0. The van der Waals surface area contributed by atoms with E-state index in [9.17, 15) is 4.79 Å². The van der Waals surface area contributed by atoms with Crippen molar-refractivity contribution in [2.24, 2.45) is 0 Å². The number of amides is 1. The van der Waals surface area contributed by atoms with Gasteiger partial charge in [0.15, 0.2) is 11.0 Å². The molecule has 0 fully saturated rings. The van der Waals surface area contributed by atoms with Crippen molar-refractivity contribution in [1.29, 1.82) is 0 Å². The van der Waals surface area contributed by atoms with Crippen molar-refractivity contribution in [3.63, 3.8) is 0 Å². The average Bonchev–Trinajstić information content (AvgIpc) is 3.20. The number of benzene rings is 3. The summed E-state index contributed by atoms with van der Waals surface area (Å²) in [6, 6.07) is 23.0. The fraction of sp³-hybridized carbons (Fsp3) is 0.0870. The zero-order valence-corrected chi connectivity index (χ0v) is 19.7. The van der Waals surface area contributed by atoms with Crippen molar-refractivity contribution < 1.29 is 4.79 Å². The number of hydrogen-bond donors (Lipinski definition) is 1. The SMILES string of the molecule is Cc1cc(NC(=O)CSc2nnc(-c3ccccc3)n2-c2ccc(Cl)cc2)ccc1Br. The maximum Gasteiger partial charge on any atom is 0.234 e. The zero-order valence-electron chi connectivity index (χ0n) is 16.5. The normalized spacial score (nSPS) is 10.8. The molecular weight excluding hydrogens is 496 g/mol. The van der Waals surface area contributed by atoms with Crippen LogP contribution in [0, 0.1) is 6.92 Å². The number of rotatable bonds is 6. The van der Waals surface area contributed by atoms with Gasteiger partial charge < -0.3 is 5.32 Å². The minimum atomic E-state index is -0.112. The van der Waals surface area contributed by atoms with Gasteiger partial charge in [0.1, 0.15) is 0 Å². The predicted molar refractivity (Wildman–Crippen MR) is 130 cm³/mol. The van der Waals surface area contributed by atoms with Gasteiger partial charge in [0, 0.05) is 26.4 Å². The van der Waals surface area contributed by atoms with Crippen LogP contribution in [-0.2, 0) is 4.79 Å². The number of halogens is 2. The number of anilines is 1. The quantitative estimate of drug-likeness (QED) is 0.304. The van der Waals surface area contributed by atoms with E-state index in [2.05, 4.69) is 31.4 Å². The van der Waals surface area contributed by atoms with Crippen LogP contribution >= 0.6 is 39.3 Å². The molecule has 31 heavy (non-hydrogen) atoms. The molecule has 0 aliphatic rings. The van der Waals surface area contributed by atoms with Gasteiger partial charge in [0.2, 0.25) is 5.91 Å². The van der Waals surface area contributed by atoms with Gasteiger partial charge in [-0.2, -0.15) is 0 Å². The van der Waals surface area contributed by atoms with Crippen LogP contribution in [0.3, 0.4) is 0 Å². The molecule has 3 aromatic carbocycles. The number of carbonyl (C=O) groups excluding carboxylic acids is 1. The van der Waals surface area contributed by atoms with Crippen molar-refractivity contribution >= 4 is 50.9 Å². The van der Waals surface area contributed by atoms with Crippen molar-refractivity contribution in [1.82, 2.24) is 14.8 Å². The molecule has 0 saturated heterocycles. The summed E-state index contributed by atoms with van der Waals surface area (Å²) in [5, 5.41) is 13.0. The first kappa shape index (κ1) is 21.6. The highest BCUT2D eigenvalue weighted by atomic mass is 79.9. The van der Waals surface area contributed by atoms with Gasteiger partial charge in [0.05, 0.1) is 5.75 Å². The summed E-state index contributed by atoms with van der Waals surface area (Å²) >= 11 is 10.9. The molecule has 1 N–H and O–H groups in total. The van der Waals surface area contributed by atoms with E-state index >= 15 is 0 Å². The number of hydrogen-bond acceptors (Lipinski definition) is 4. The second kappa shape index (κ2) is 9.68. The molecule has 4 aromatic rings. The van der Waals surface area contributed by atoms with Gasteiger partial charge >= 0.3 is 0 Å². The van der Waals surface area contributed by atoms with Crippen molar-refractivity contribution in [2.75, 3.05) is 11.1 Å². The smallest absolute Gasteiger partial charge is 0.234 e. The molecule has 0 unspecified atom stereocenters. The average molecular weight is 514 g/mol. The molecule has 0 radical (unpaired) electrons. The van der Waals surface area contributed by atoms with Crippen LogP contribution < -0.4 is 5.32 Å². The Bertz CT molecular complexity index is 1210. The second-order valence-corrected chi connectivity index (χ2v) is 9.02. The highest BCUT2D eigenvalue weighted by Gasteiger charge is 2.17. The number of nitrogens with zero attached hydrogens (tertiary/aromatic N) is 3. The third kappa shape index (κ3) is 5.18. The molecule has 0 aliphatic carbocycles. The summed E-state index contributed by atoms with van der Waals surface area (Å²) in [6.45, 7) is 1.98. The van der Waals surface area contributed by atoms with E-state index in [1.54, 1.807) is 0 Å². The van der Waals surface area contributed by atoms with E-state index in [-0.39, 0.29) is 11.7 Å². The van der Waals surface area contributed by atoms with Crippen molar-refractivity contribution in [3.05, 3.63) is 87.9 Å². The minimum Gasteiger partial charge on any atom is -0.325 e. The van der Waals surface area contributed by atoms with E-state index in [4.69, 9.17) is 11.6 Å². The van der Waals surface area contributed by atoms with Gasteiger partial charge in [-0.05, 0) is 55.0 Å². The molecule has 1 amide bonds. The van der Waals surface area contributed by atoms with Crippen LogP contribution in [0.4, 0.5) is 5.69 Å². The largest absolute Gasteiger partial charge is 0.325 e. The number of aryl methyl sites for hydroxylation is 1. The Morgan fingerprint density at radius 3 is 2.52 bits per heavy atom. The van der Waals surface area contributed by atoms with Gasteiger partial charge in [-0.25, -0.2) is 0 Å². The number of carbonyl (C=O) groups is 1. The summed E-state index contributed by atoms with van der Waals surface area (Å²) in [6.07, 6.45) is 0. The molecule has 0 atom stereocenters. The highest BCUT2D eigenvalue weighted by molar-refractivity contribution is 9.10. The molecule has 4 rings (SSSR count). The Morgan fingerprint density at radius 2 is 1.81 bits per heavy atom. The standard InChI is InChI=1S/C23H18BrClN4OS/c1-15-13-18(9-12-20(15)24)26-21(30)14-31-23-28-27-22(16-5-3-2-4-6-16)29(23)19-10-7-17(25)8-11-19/h2-13H,14H2,1H3,(H,26,30). The number of thioether (sulfide) groups is 1. The Morgan fingerprint density at radius 1 is 1.06 bits per heavy atom. The molecule has 0 bridgehead atoms. The topological polar surface area (TPSA) is 59.8 Å². The van der Waals surface area contributed by atoms with E-state index in [1.807, 2.05) is 84.3 Å². The van der Waals surface area contributed by atoms with Gasteiger partial charge in [-0.15, -0.1) is 10.2 Å². The fourth-order valence-corrected chi connectivity index (χ4v) is 4.13. The predicted octanol–water partition coefficient (Wildman–Crippen LogP) is 6.39. The molecule has 8 heteroatoms. The summed E-state index contributed by atoms with van der Waals surface area (Å²) < 4.78 is 2.94. The fourth-order valence-electron chi connectivity index (χ4n) is 3.01. The van der Waals surface area contributed by atoms with E-state index in [1.165, 1.54) is 11.8 Å². The summed E-state index contributed by atoms with van der Waals surface area (Å²) in [4.78, 5) is 12.5. The Kier molecular flexibility index (Phi) is 6.75. The number of aromatic nitrogens is 3. The molecule has 156 valence electrons. The molecule has 1 aromatic heterocycles. The summed E-state index contributed by atoms with van der Waals surface area (Å²) in [5.74, 6) is 0.795. The lowest BCUT2D eigenvalue weighted by Crippen LogP contribution is -2.14. The van der Waals surface area contributed by atoms with Crippen LogP contribution in [0.1, 0.15) is 5.56 Å². The molecule has 0 aliphatic heterocycles. The molecule has 0 saturated carbocycles. The van der Waals surface area contributed by atoms with E-state index in [0.29, 0.717) is 16.0 Å². The zero-order chi connectivity index (χ0) is 21.8. The molecule has 0 spiro atoms. The van der Waals surface area contributed by atoms with Gasteiger partial charge in [-0.1, -0.05) is 69.6 Å². The molecule has 1 heterocycles. The second-order valence-electron chi connectivity index (χ2n) is 6.78. The van der Waals surface area contributed by atoms with Crippen LogP contribution in [-0.4, -0.2) is 26.4 Å². The van der Waals surface area contributed by atoms with E-state index < -0.39 is 0 Å². The van der Waals surface area contributed by atoms with E-state index in [0.717, 1.165) is 27.0 Å². The van der Waals surface area contributed by atoms with Crippen molar-refractivity contribution in [2.45, 2.75) is 12.1 Å². The minimum absolute atomic E-state index is 0.112. The third-order valence-corrected chi connectivity index (χ3v) is 6.59. The van der Waals surface area contributed by atoms with Gasteiger partial charge in [-0.3, -0.25) is 9.36 Å². The van der Waals surface area contributed by atoms with Gasteiger partial charge in [0.25, 0.3) is 0 Å². The first-order valence-corrected chi connectivity index (χ1v) is 11.6. The first-order chi connectivity index (χ1) is 15.0. The monoisotopic (exact) mass is 512 g/mol. The number of nitrogens with one attached hydrogen (secondary N) is 1. The van der Waals surface area contributed by atoms with Crippen LogP contribution in [0.25, 0.3) is 17.1 Å². The summed E-state index contributed by atoms with van der Waals surface area (Å²) in [5.41, 5.74) is 3.63. The Balaban J connectivity index is 1.57. The van der Waals surface area contributed by atoms with Crippen LogP contribution in [0.2, 0.25) is 5.02 Å². The molecule has 5 nitrogen and oxygen atoms in total. The van der Waals surface area contributed by atoms with Crippen LogP contribution in [0.15, 0.2) is 82.4 Å². The van der Waals surface area contributed by atoms with Crippen molar-refractivity contribution in [3.8, 4) is 17.1 Å². The lowest BCUT2D eigenvalue weighted by Gasteiger charge is -2.11. The lowest BCUT2D eigenvalue weighted by atomic mass is 10.2. The maximum atomic E-state index is 12.5. The molecular formula is C23H18BrClN4OS. The maximum absolute atomic E-state index is 12.5. The first-order valence-electron chi connectivity index (χ1n) is 9.47. The Hall–Kier alpha value is -2.61.